The molecule has 2 aliphatic rings. The smallest absolute Gasteiger partial charge is 0.145 e. The van der Waals surface area contributed by atoms with Gasteiger partial charge < -0.3 is 9.80 Å². The van der Waals surface area contributed by atoms with Gasteiger partial charge in [-0.1, -0.05) is 29.8 Å². The van der Waals surface area contributed by atoms with Gasteiger partial charge in [0, 0.05) is 17.4 Å². The molecular weight excluding hydrogens is 232 g/mol. The minimum atomic E-state index is 0.448. The third-order valence-electron chi connectivity index (χ3n) is 3.89. The van der Waals surface area contributed by atoms with E-state index in [0.717, 1.165) is 6.67 Å². The van der Waals surface area contributed by atoms with Crippen molar-refractivity contribution in [2.75, 3.05) is 11.6 Å². The minimum Gasteiger partial charge on any atom is -0.349 e. The first kappa shape index (κ1) is 12.3. The van der Waals surface area contributed by atoms with Crippen LogP contribution < -0.4 is 4.90 Å². The molecule has 98 valence electrons. The molecule has 0 bridgehead atoms. The molecule has 0 aliphatic carbocycles. The molecule has 1 saturated heterocycles. The van der Waals surface area contributed by atoms with Crippen molar-refractivity contribution in [2.45, 2.75) is 33.7 Å². The van der Waals surface area contributed by atoms with Gasteiger partial charge in [-0.25, -0.2) is 0 Å². The van der Waals surface area contributed by atoms with Crippen molar-refractivity contribution in [3.63, 3.8) is 0 Å². The predicted molar refractivity (Wildman–Crippen MR) is 79.8 cm³/mol. The lowest BCUT2D eigenvalue weighted by atomic mass is 10.0. The van der Waals surface area contributed by atoms with Crippen LogP contribution in [-0.4, -0.2) is 17.6 Å². The Balaban J connectivity index is 1.94. The number of rotatable bonds is 1. The van der Waals surface area contributed by atoms with E-state index in [4.69, 9.17) is 0 Å². The Morgan fingerprint density at radius 2 is 1.84 bits per heavy atom. The fraction of sp³-hybridized carbons (Fsp3) is 0.353. The average Bonchev–Trinajstić information content (AvgIpc) is 2.72. The minimum absolute atomic E-state index is 0.448. The molecule has 0 saturated carbocycles. The lowest BCUT2D eigenvalue weighted by Crippen LogP contribution is -2.32. The zero-order valence-corrected chi connectivity index (χ0v) is 12.1. The highest BCUT2D eigenvalue weighted by Gasteiger charge is 2.30. The Morgan fingerprint density at radius 3 is 2.47 bits per heavy atom. The number of benzene rings is 1. The van der Waals surface area contributed by atoms with E-state index in [1.54, 1.807) is 0 Å². The van der Waals surface area contributed by atoms with Crippen LogP contribution in [0.1, 0.15) is 23.6 Å². The maximum atomic E-state index is 3.51. The van der Waals surface area contributed by atoms with E-state index in [-0.39, 0.29) is 0 Å². The van der Waals surface area contributed by atoms with E-state index < -0.39 is 0 Å². The van der Waals surface area contributed by atoms with Gasteiger partial charge in [-0.3, -0.25) is 0 Å². The third kappa shape index (κ3) is 2.05. The van der Waals surface area contributed by atoms with Crippen molar-refractivity contribution in [3.8, 4) is 0 Å². The molecule has 2 heteroatoms. The maximum Gasteiger partial charge on any atom is 0.145 e. The Bertz CT molecular complexity index is 546. The zero-order valence-electron chi connectivity index (χ0n) is 12.1. The molecule has 0 aromatic heterocycles. The molecule has 1 aromatic carbocycles. The molecule has 1 fully saturated rings. The van der Waals surface area contributed by atoms with Crippen LogP contribution in [0.3, 0.4) is 0 Å². The summed E-state index contributed by atoms with van der Waals surface area (Å²) >= 11 is 0. The summed E-state index contributed by atoms with van der Waals surface area (Å²) in [7, 11) is 0. The number of allylic oxidation sites excluding steroid dienone is 2. The van der Waals surface area contributed by atoms with Crippen molar-refractivity contribution in [1.29, 1.82) is 0 Å². The Labute approximate surface area is 116 Å². The summed E-state index contributed by atoms with van der Waals surface area (Å²) in [5.41, 5.74) is 6.46. The van der Waals surface area contributed by atoms with Crippen LogP contribution in [0.4, 0.5) is 5.69 Å². The summed E-state index contributed by atoms with van der Waals surface area (Å²) < 4.78 is 0. The average molecular weight is 252 g/mol. The van der Waals surface area contributed by atoms with Crippen molar-refractivity contribution in [2.24, 2.45) is 0 Å². The highest BCUT2D eigenvalue weighted by molar-refractivity contribution is 5.64. The molecule has 0 N–H and O–H groups in total. The molecule has 2 aliphatic heterocycles. The summed E-state index contributed by atoms with van der Waals surface area (Å²) in [6, 6.07) is 4.94. The van der Waals surface area contributed by atoms with Crippen molar-refractivity contribution >= 4 is 5.69 Å². The van der Waals surface area contributed by atoms with Gasteiger partial charge in [0.2, 0.25) is 0 Å². The van der Waals surface area contributed by atoms with Crippen LogP contribution in [0.2, 0.25) is 0 Å². The highest BCUT2D eigenvalue weighted by atomic mass is 15.4. The first-order valence-electron chi connectivity index (χ1n) is 6.83. The quantitative estimate of drug-likeness (QED) is 0.754. The molecule has 1 atom stereocenters. The van der Waals surface area contributed by atoms with Crippen LogP contribution in [0.25, 0.3) is 0 Å². The molecule has 19 heavy (non-hydrogen) atoms. The summed E-state index contributed by atoms with van der Waals surface area (Å²) in [6.07, 6.45) is 6.49. The fourth-order valence-corrected chi connectivity index (χ4v) is 3.08. The first-order chi connectivity index (χ1) is 9.06. The molecule has 1 aromatic rings. The first-order valence-corrected chi connectivity index (χ1v) is 6.83. The Morgan fingerprint density at radius 1 is 1.16 bits per heavy atom. The molecule has 0 spiro atoms. The molecule has 2 radical (unpaired) electrons. The largest absolute Gasteiger partial charge is 0.349 e. The normalized spacial score (nSPS) is 21.7. The summed E-state index contributed by atoms with van der Waals surface area (Å²) in [5.74, 6) is 0. The number of hydrogen-bond acceptors (Lipinski definition) is 2. The van der Waals surface area contributed by atoms with Crippen LogP contribution in [-0.2, 0) is 0 Å². The van der Waals surface area contributed by atoms with Gasteiger partial charge in [-0.2, -0.15) is 0 Å². The van der Waals surface area contributed by atoms with Gasteiger partial charge in [0.15, 0.2) is 0 Å². The number of hydrogen-bond donors (Lipinski definition) is 0. The number of anilines is 1. The van der Waals surface area contributed by atoms with Gasteiger partial charge >= 0.3 is 0 Å². The van der Waals surface area contributed by atoms with Crippen LogP contribution in [0.15, 0.2) is 36.1 Å². The van der Waals surface area contributed by atoms with Crippen molar-refractivity contribution < 1.29 is 0 Å². The topological polar surface area (TPSA) is 6.48 Å². The molecular formula is C17H20N2. The summed E-state index contributed by atoms with van der Waals surface area (Å²) in [6.45, 7) is 13.1. The van der Waals surface area contributed by atoms with E-state index >= 15 is 0 Å². The van der Waals surface area contributed by atoms with Gasteiger partial charge in [0.25, 0.3) is 0 Å². The third-order valence-corrected chi connectivity index (χ3v) is 3.89. The number of aryl methyl sites for hydroxylation is 3. The lowest BCUT2D eigenvalue weighted by molar-refractivity contribution is 0.348. The van der Waals surface area contributed by atoms with E-state index in [2.05, 4.69) is 74.4 Å². The number of fused-ring (bicyclic) bond motifs is 1. The predicted octanol–water partition coefficient (Wildman–Crippen LogP) is 3.57. The van der Waals surface area contributed by atoms with Gasteiger partial charge in [0.05, 0.1) is 6.67 Å². The summed E-state index contributed by atoms with van der Waals surface area (Å²) in [4.78, 5) is 4.62. The van der Waals surface area contributed by atoms with E-state index in [1.807, 2.05) is 0 Å². The molecule has 2 heterocycles. The Kier molecular flexibility index (Phi) is 2.89. The van der Waals surface area contributed by atoms with E-state index in [0.29, 0.717) is 6.04 Å². The highest BCUT2D eigenvalue weighted by Crippen LogP contribution is 2.35. The zero-order chi connectivity index (χ0) is 13.6. The van der Waals surface area contributed by atoms with Crippen molar-refractivity contribution in [1.82, 2.24) is 4.90 Å². The Hall–Kier alpha value is -1.70. The second-order valence-corrected chi connectivity index (χ2v) is 5.58. The standard InChI is InChI=1S/C17H20N2/c1-12-8-13(2)17(14(3)9-12)18-10-16-7-5-6-15(4)19(16)11-18/h5-9,15H,11H2,1-4H3. The van der Waals surface area contributed by atoms with Crippen molar-refractivity contribution in [3.05, 3.63) is 59.3 Å². The van der Waals surface area contributed by atoms with E-state index in [9.17, 15) is 0 Å². The second-order valence-electron chi connectivity index (χ2n) is 5.58. The molecule has 1 unspecified atom stereocenters. The fourth-order valence-electron chi connectivity index (χ4n) is 3.08. The number of nitrogens with zero attached hydrogens (tertiary/aromatic N) is 2. The summed E-state index contributed by atoms with van der Waals surface area (Å²) in [5, 5.41) is 0. The monoisotopic (exact) mass is 252 g/mol. The molecule has 0 amide bonds. The molecule has 3 rings (SSSR count). The van der Waals surface area contributed by atoms with Gasteiger partial charge in [0.1, 0.15) is 6.54 Å². The van der Waals surface area contributed by atoms with Gasteiger partial charge in [-0.15, -0.1) is 0 Å². The van der Waals surface area contributed by atoms with E-state index in [1.165, 1.54) is 28.1 Å². The lowest BCUT2D eigenvalue weighted by Gasteiger charge is -2.28. The maximum absolute atomic E-state index is 3.51. The van der Waals surface area contributed by atoms with Gasteiger partial charge in [-0.05, 0) is 44.9 Å². The van der Waals surface area contributed by atoms with Crippen LogP contribution in [0.5, 0.6) is 0 Å². The SMILES string of the molecule is Cc1cc(C)c(N2[C]C3=CC=CC(C)N3C2)c(C)c1. The molecule has 2 nitrogen and oxygen atoms in total. The van der Waals surface area contributed by atoms with Crippen LogP contribution >= 0.6 is 0 Å². The second kappa shape index (κ2) is 4.44. The van der Waals surface area contributed by atoms with Crippen LogP contribution in [0, 0.1) is 27.3 Å².